The van der Waals surface area contributed by atoms with Crippen LogP contribution in [0.4, 0.5) is 4.39 Å². The minimum Gasteiger partial charge on any atom is -0.426 e. The van der Waals surface area contributed by atoms with E-state index < -0.39 is 15.8 Å². The van der Waals surface area contributed by atoms with Gasteiger partial charge in [-0.2, -0.15) is 0 Å². The van der Waals surface area contributed by atoms with Gasteiger partial charge in [-0.25, -0.2) is 17.5 Å². The van der Waals surface area contributed by atoms with Gasteiger partial charge in [0.15, 0.2) is 0 Å². The van der Waals surface area contributed by atoms with Crippen molar-refractivity contribution in [2.75, 3.05) is 6.54 Å². The lowest BCUT2D eigenvalue weighted by molar-refractivity contribution is 0.466. The van der Waals surface area contributed by atoms with Crippen LogP contribution in [-0.4, -0.2) is 25.2 Å². The van der Waals surface area contributed by atoms with Crippen molar-refractivity contribution in [1.29, 1.82) is 0 Å². The molecule has 0 aliphatic carbocycles. The molecule has 8 heteroatoms. The van der Waals surface area contributed by atoms with Gasteiger partial charge < -0.3 is 4.42 Å². The molecule has 20 heavy (non-hydrogen) atoms. The number of hydrogen-bond acceptors (Lipinski definition) is 5. The predicted molar refractivity (Wildman–Crippen MR) is 69.8 cm³/mol. The van der Waals surface area contributed by atoms with E-state index in [0.29, 0.717) is 23.8 Å². The normalized spacial score (nSPS) is 11.7. The molecule has 1 N–H and O–H groups in total. The summed E-state index contributed by atoms with van der Waals surface area (Å²) in [5.74, 6) is 0.225. The van der Waals surface area contributed by atoms with E-state index in [2.05, 4.69) is 14.9 Å². The van der Waals surface area contributed by atoms with Crippen molar-refractivity contribution in [2.24, 2.45) is 0 Å². The summed E-state index contributed by atoms with van der Waals surface area (Å²) in [7, 11) is -3.47. The van der Waals surface area contributed by atoms with Crippen molar-refractivity contribution >= 4 is 10.0 Å². The second kappa shape index (κ2) is 6.10. The Morgan fingerprint density at radius 3 is 2.55 bits per heavy atom. The lowest BCUT2D eigenvalue weighted by atomic mass is 10.2. The second-order valence-electron chi connectivity index (χ2n) is 4.24. The molecule has 0 saturated heterocycles. The number of nitrogens with zero attached hydrogens (tertiary/aromatic N) is 2. The van der Waals surface area contributed by atoms with Crippen LogP contribution in [0.5, 0.6) is 0 Å². The summed E-state index contributed by atoms with van der Waals surface area (Å²) in [5, 5.41) is 7.41. The molecule has 1 aromatic carbocycles. The Morgan fingerprint density at radius 2 is 1.95 bits per heavy atom. The number of benzene rings is 1. The average molecular weight is 299 g/mol. The first-order valence-electron chi connectivity index (χ1n) is 5.95. The smallest absolute Gasteiger partial charge is 0.217 e. The quantitative estimate of drug-likeness (QED) is 0.865. The van der Waals surface area contributed by atoms with Crippen LogP contribution in [-0.2, 0) is 22.2 Å². The molecular weight excluding hydrogens is 285 g/mol. The van der Waals surface area contributed by atoms with Crippen molar-refractivity contribution in [1.82, 2.24) is 14.9 Å². The summed E-state index contributed by atoms with van der Waals surface area (Å²) in [6.07, 6.45) is 0.323. The molecule has 0 spiro atoms. The van der Waals surface area contributed by atoms with Gasteiger partial charge in [-0.1, -0.05) is 12.1 Å². The minimum atomic E-state index is -3.47. The van der Waals surface area contributed by atoms with Gasteiger partial charge in [0.1, 0.15) is 5.82 Å². The van der Waals surface area contributed by atoms with Gasteiger partial charge in [-0.05, 0) is 17.7 Å². The number of halogens is 1. The largest absolute Gasteiger partial charge is 0.426 e. The molecule has 0 amide bonds. The third-order valence-electron chi connectivity index (χ3n) is 2.50. The highest BCUT2D eigenvalue weighted by atomic mass is 32.2. The highest BCUT2D eigenvalue weighted by Gasteiger charge is 2.12. The second-order valence-corrected chi connectivity index (χ2v) is 6.05. The zero-order valence-corrected chi connectivity index (χ0v) is 11.7. The van der Waals surface area contributed by atoms with Crippen LogP contribution in [0.25, 0.3) is 0 Å². The van der Waals surface area contributed by atoms with E-state index in [1.54, 1.807) is 6.92 Å². The molecular formula is C12H14FN3O3S. The average Bonchev–Trinajstić information content (AvgIpc) is 2.77. The monoisotopic (exact) mass is 299 g/mol. The Balaban J connectivity index is 1.86. The van der Waals surface area contributed by atoms with E-state index in [0.717, 1.165) is 0 Å². The molecule has 0 aliphatic rings. The maximum atomic E-state index is 12.7. The van der Waals surface area contributed by atoms with Gasteiger partial charge in [0.05, 0.1) is 5.75 Å². The molecule has 0 aliphatic heterocycles. The van der Waals surface area contributed by atoms with Crippen LogP contribution < -0.4 is 4.72 Å². The lowest BCUT2D eigenvalue weighted by Crippen LogP contribution is -2.27. The molecule has 0 radical (unpaired) electrons. The fourth-order valence-electron chi connectivity index (χ4n) is 1.60. The van der Waals surface area contributed by atoms with E-state index >= 15 is 0 Å². The molecule has 0 saturated carbocycles. The SMILES string of the molecule is Cc1nnc(CCNS(=O)(=O)Cc2ccc(F)cc2)o1. The number of nitrogens with one attached hydrogen (secondary N) is 1. The molecule has 0 bridgehead atoms. The number of hydrogen-bond donors (Lipinski definition) is 1. The summed E-state index contributed by atoms with van der Waals surface area (Å²) >= 11 is 0. The molecule has 0 unspecified atom stereocenters. The molecule has 0 fully saturated rings. The fourth-order valence-corrected chi connectivity index (χ4v) is 2.75. The Bertz CT molecular complexity index is 668. The van der Waals surface area contributed by atoms with Gasteiger partial charge in [0.25, 0.3) is 0 Å². The van der Waals surface area contributed by atoms with Crippen molar-refractivity contribution in [2.45, 2.75) is 19.1 Å². The first-order valence-corrected chi connectivity index (χ1v) is 7.60. The van der Waals surface area contributed by atoms with Crippen LogP contribution in [0, 0.1) is 12.7 Å². The van der Waals surface area contributed by atoms with Crippen LogP contribution in [0.15, 0.2) is 28.7 Å². The molecule has 0 atom stereocenters. The minimum absolute atomic E-state index is 0.172. The summed E-state index contributed by atoms with van der Waals surface area (Å²) in [5.41, 5.74) is 0.521. The fraction of sp³-hybridized carbons (Fsp3) is 0.333. The molecule has 6 nitrogen and oxygen atoms in total. The summed E-state index contributed by atoms with van der Waals surface area (Å²) < 4.78 is 43.9. The highest BCUT2D eigenvalue weighted by Crippen LogP contribution is 2.07. The van der Waals surface area contributed by atoms with Crippen molar-refractivity contribution < 1.29 is 17.2 Å². The Kier molecular flexibility index (Phi) is 4.46. The third kappa shape index (κ3) is 4.39. The number of sulfonamides is 1. The zero-order valence-electron chi connectivity index (χ0n) is 10.8. The topological polar surface area (TPSA) is 85.1 Å². The standard InChI is InChI=1S/C12H14FN3O3S/c1-9-15-16-12(19-9)6-7-14-20(17,18)8-10-2-4-11(13)5-3-10/h2-5,14H,6-8H2,1H3. The first kappa shape index (κ1) is 14.6. The van der Waals surface area contributed by atoms with Gasteiger partial charge in [0, 0.05) is 19.9 Å². The van der Waals surface area contributed by atoms with Gasteiger partial charge >= 0.3 is 0 Å². The molecule has 1 heterocycles. The molecule has 2 rings (SSSR count). The number of aromatic nitrogens is 2. The first-order chi connectivity index (χ1) is 9.44. The van der Waals surface area contributed by atoms with Crippen LogP contribution >= 0.6 is 0 Å². The van der Waals surface area contributed by atoms with Crippen LogP contribution in [0.2, 0.25) is 0 Å². The van der Waals surface area contributed by atoms with Crippen LogP contribution in [0.3, 0.4) is 0 Å². The summed E-state index contributed by atoms with van der Waals surface area (Å²) in [6, 6.07) is 5.34. The van der Waals surface area contributed by atoms with E-state index in [4.69, 9.17) is 4.42 Å². The van der Waals surface area contributed by atoms with E-state index in [1.165, 1.54) is 24.3 Å². The Hall–Kier alpha value is -1.80. The Labute approximate surface area is 116 Å². The zero-order chi connectivity index (χ0) is 14.6. The predicted octanol–water partition coefficient (Wildman–Crippen LogP) is 1.18. The summed E-state index contributed by atoms with van der Waals surface area (Å²) in [6.45, 7) is 1.83. The van der Waals surface area contributed by atoms with E-state index in [9.17, 15) is 12.8 Å². The molecule has 2 aromatic rings. The van der Waals surface area contributed by atoms with Gasteiger partial charge in [-0.3, -0.25) is 0 Å². The van der Waals surface area contributed by atoms with Crippen molar-refractivity contribution in [3.63, 3.8) is 0 Å². The highest BCUT2D eigenvalue weighted by molar-refractivity contribution is 7.88. The van der Waals surface area contributed by atoms with Gasteiger partial charge in [-0.15, -0.1) is 10.2 Å². The van der Waals surface area contributed by atoms with E-state index in [1.807, 2.05) is 0 Å². The lowest BCUT2D eigenvalue weighted by Gasteiger charge is -2.05. The van der Waals surface area contributed by atoms with Crippen LogP contribution in [0.1, 0.15) is 17.3 Å². The number of aryl methyl sites for hydroxylation is 1. The number of rotatable bonds is 6. The summed E-state index contributed by atoms with van der Waals surface area (Å²) in [4.78, 5) is 0. The maximum absolute atomic E-state index is 12.7. The molecule has 1 aromatic heterocycles. The van der Waals surface area contributed by atoms with Crippen molar-refractivity contribution in [3.8, 4) is 0 Å². The van der Waals surface area contributed by atoms with E-state index in [-0.39, 0.29) is 12.3 Å². The van der Waals surface area contributed by atoms with Crippen molar-refractivity contribution in [3.05, 3.63) is 47.4 Å². The molecule has 108 valence electrons. The van der Waals surface area contributed by atoms with Gasteiger partial charge in [0.2, 0.25) is 21.8 Å². The Morgan fingerprint density at radius 1 is 1.25 bits per heavy atom. The third-order valence-corrected chi connectivity index (χ3v) is 3.86. The maximum Gasteiger partial charge on any atom is 0.217 e.